The van der Waals surface area contributed by atoms with Crippen molar-refractivity contribution in [1.29, 1.82) is 0 Å². The van der Waals surface area contributed by atoms with Crippen molar-refractivity contribution in [2.24, 2.45) is 5.41 Å². The number of esters is 2. The number of hydrogen-bond donors (Lipinski definition) is 2. The SMILES string of the molecule is COC(=O)C1=CC(=C(C)C(=O)N[C@@H](Cc2ccc(NC(=O)c3c(Cl)cccc3Cl)cc2)C(=O)OC)CCC1(C)C. The van der Waals surface area contributed by atoms with Crippen LogP contribution in [0.15, 0.2) is 65.3 Å². The van der Waals surface area contributed by atoms with E-state index in [1.807, 2.05) is 13.8 Å². The van der Waals surface area contributed by atoms with Gasteiger partial charge < -0.3 is 20.1 Å². The summed E-state index contributed by atoms with van der Waals surface area (Å²) in [5.41, 5.74) is 2.62. The molecule has 0 aromatic heterocycles. The Hall–Kier alpha value is -3.62. The molecular weight excluding hydrogens is 555 g/mol. The van der Waals surface area contributed by atoms with Crippen molar-refractivity contribution in [3.8, 4) is 0 Å². The van der Waals surface area contributed by atoms with Crippen LogP contribution in [-0.2, 0) is 30.3 Å². The summed E-state index contributed by atoms with van der Waals surface area (Å²) < 4.78 is 9.85. The highest BCUT2D eigenvalue weighted by molar-refractivity contribution is 6.40. The van der Waals surface area contributed by atoms with Gasteiger partial charge in [0.15, 0.2) is 0 Å². The van der Waals surface area contributed by atoms with Crippen molar-refractivity contribution in [3.05, 3.63) is 86.4 Å². The first kappa shape index (κ1) is 30.9. The molecular formula is C30H32Cl2N2O6. The summed E-state index contributed by atoms with van der Waals surface area (Å²) in [6.45, 7) is 5.57. The molecule has 0 bridgehead atoms. The minimum Gasteiger partial charge on any atom is -0.467 e. The Kier molecular flexibility index (Phi) is 10.2. The molecule has 0 radical (unpaired) electrons. The van der Waals surface area contributed by atoms with Gasteiger partial charge in [-0.3, -0.25) is 9.59 Å². The van der Waals surface area contributed by atoms with Crippen LogP contribution in [0.4, 0.5) is 5.69 Å². The lowest BCUT2D eigenvalue weighted by atomic mass is 9.73. The Bertz CT molecular complexity index is 1360. The zero-order chi connectivity index (χ0) is 29.6. The first-order chi connectivity index (χ1) is 18.9. The minimum atomic E-state index is -0.959. The van der Waals surface area contributed by atoms with Gasteiger partial charge in [0.25, 0.3) is 5.91 Å². The topological polar surface area (TPSA) is 111 Å². The fourth-order valence-electron chi connectivity index (χ4n) is 4.38. The maximum absolute atomic E-state index is 13.1. The molecule has 2 aromatic rings. The van der Waals surface area contributed by atoms with Crippen LogP contribution in [0.1, 0.15) is 49.5 Å². The zero-order valence-corrected chi connectivity index (χ0v) is 24.5. The number of allylic oxidation sites excluding steroid dienone is 2. The van der Waals surface area contributed by atoms with Gasteiger partial charge in [-0.05, 0) is 66.7 Å². The van der Waals surface area contributed by atoms with E-state index in [1.165, 1.54) is 14.2 Å². The number of methoxy groups -OCH3 is 2. The molecule has 1 aliphatic carbocycles. The minimum absolute atomic E-state index is 0.155. The largest absolute Gasteiger partial charge is 0.467 e. The number of carbonyl (C=O) groups is 4. The Labute approximate surface area is 243 Å². The number of halogens is 2. The van der Waals surface area contributed by atoms with Crippen LogP contribution >= 0.6 is 23.2 Å². The monoisotopic (exact) mass is 586 g/mol. The third kappa shape index (κ3) is 7.31. The van der Waals surface area contributed by atoms with Gasteiger partial charge in [-0.1, -0.05) is 55.2 Å². The number of amides is 2. The summed E-state index contributed by atoms with van der Waals surface area (Å²) in [6, 6.07) is 10.6. The van der Waals surface area contributed by atoms with Gasteiger partial charge in [-0.2, -0.15) is 0 Å². The molecule has 8 nitrogen and oxygen atoms in total. The molecule has 212 valence electrons. The maximum Gasteiger partial charge on any atom is 0.334 e. The third-order valence-electron chi connectivity index (χ3n) is 6.93. The lowest BCUT2D eigenvalue weighted by Gasteiger charge is -2.31. The van der Waals surface area contributed by atoms with E-state index in [2.05, 4.69) is 10.6 Å². The van der Waals surface area contributed by atoms with Crippen molar-refractivity contribution in [2.75, 3.05) is 19.5 Å². The number of carbonyl (C=O) groups excluding carboxylic acids is 4. The zero-order valence-electron chi connectivity index (χ0n) is 23.0. The normalized spacial score (nSPS) is 16.2. The quantitative estimate of drug-likeness (QED) is 0.304. The molecule has 0 aliphatic heterocycles. The second-order valence-corrected chi connectivity index (χ2v) is 10.9. The van der Waals surface area contributed by atoms with Gasteiger partial charge in [0.2, 0.25) is 5.91 Å². The number of anilines is 1. The molecule has 1 atom stereocenters. The second-order valence-electron chi connectivity index (χ2n) is 10.1. The van der Waals surface area contributed by atoms with E-state index in [0.29, 0.717) is 35.2 Å². The molecule has 0 saturated carbocycles. The highest BCUT2D eigenvalue weighted by atomic mass is 35.5. The molecule has 0 saturated heterocycles. The molecule has 0 spiro atoms. The van der Waals surface area contributed by atoms with Gasteiger partial charge in [0, 0.05) is 23.3 Å². The summed E-state index contributed by atoms with van der Waals surface area (Å²) in [4.78, 5) is 50.6. The van der Waals surface area contributed by atoms with Crippen LogP contribution in [0, 0.1) is 5.41 Å². The highest BCUT2D eigenvalue weighted by Crippen LogP contribution is 2.40. The summed E-state index contributed by atoms with van der Waals surface area (Å²) in [5.74, 6) is -1.93. The maximum atomic E-state index is 13.1. The summed E-state index contributed by atoms with van der Waals surface area (Å²) in [5, 5.41) is 5.97. The number of nitrogens with one attached hydrogen (secondary N) is 2. The molecule has 3 rings (SSSR count). The Balaban J connectivity index is 1.75. The first-order valence-electron chi connectivity index (χ1n) is 12.6. The lowest BCUT2D eigenvalue weighted by Crippen LogP contribution is -2.43. The van der Waals surface area contributed by atoms with Crippen LogP contribution in [0.2, 0.25) is 10.0 Å². The number of rotatable bonds is 8. The number of hydrogen-bond acceptors (Lipinski definition) is 6. The van der Waals surface area contributed by atoms with Crippen molar-refractivity contribution < 1.29 is 28.7 Å². The number of benzene rings is 2. The van der Waals surface area contributed by atoms with Crippen molar-refractivity contribution >= 4 is 52.6 Å². The Morgan fingerprint density at radius 1 is 0.975 bits per heavy atom. The molecule has 1 aliphatic rings. The second kappa shape index (κ2) is 13.2. The standard InChI is InChI=1S/C30H32Cl2N2O6/c1-17(19-13-14-30(2,3)21(16-19)28(37)39-4)26(35)34-24(29(38)40-5)15-18-9-11-20(12-10-18)33-27(36)25-22(31)7-6-8-23(25)32/h6-12,16,24H,13-15H2,1-5H3,(H,33,36)(H,34,35)/t24-/m0/s1. The molecule has 40 heavy (non-hydrogen) atoms. The van der Waals surface area contributed by atoms with Crippen LogP contribution in [0.3, 0.4) is 0 Å². The van der Waals surface area contributed by atoms with E-state index in [9.17, 15) is 19.2 Å². The first-order valence-corrected chi connectivity index (χ1v) is 13.4. The van der Waals surface area contributed by atoms with Crippen LogP contribution in [0.25, 0.3) is 0 Å². The fraction of sp³-hybridized carbons (Fsp3) is 0.333. The van der Waals surface area contributed by atoms with E-state index in [4.69, 9.17) is 32.7 Å². The van der Waals surface area contributed by atoms with Crippen molar-refractivity contribution in [1.82, 2.24) is 5.32 Å². The van der Waals surface area contributed by atoms with Crippen LogP contribution in [-0.4, -0.2) is 44.0 Å². The summed E-state index contributed by atoms with van der Waals surface area (Å²) >= 11 is 12.2. The average Bonchev–Trinajstić information content (AvgIpc) is 2.92. The average molecular weight is 588 g/mol. The fourth-order valence-corrected chi connectivity index (χ4v) is 4.95. The molecule has 2 N–H and O–H groups in total. The van der Waals surface area contributed by atoms with E-state index in [1.54, 1.807) is 55.5 Å². The molecule has 0 fully saturated rings. The van der Waals surface area contributed by atoms with Crippen molar-refractivity contribution in [2.45, 2.75) is 46.1 Å². The highest BCUT2D eigenvalue weighted by Gasteiger charge is 2.34. The Morgan fingerprint density at radius 3 is 2.17 bits per heavy atom. The smallest absolute Gasteiger partial charge is 0.334 e. The molecule has 0 heterocycles. The molecule has 0 unspecified atom stereocenters. The predicted molar refractivity (Wildman–Crippen MR) is 154 cm³/mol. The van der Waals surface area contributed by atoms with Gasteiger partial charge in [-0.25, -0.2) is 9.59 Å². The van der Waals surface area contributed by atoms with Gasteiger partial charge in [0.05, 0.1) is 29.8 Å². The van der Waals surface area contributed by atoms with Gasteiger partial charge in [0.1, 0.15) is 6.04 Å². The molecule has 10 heteroatoms. The molecule has 2 amide bonds. The van der Waals surface area contributed by atoms with Crippen LogP contribution in [0.5, 0.6) is 0 Å². The van der Waals surface area contributed by atoms with Crippen molar-refractivity contribution in [3.63, 3.8) is 0 Å². The van der Waals surface area contributed by atoms with E-state index in [-0.39, 0.29) is 27.4 Å². The summed E-state index contributed by atoms with van der Waals surface area (Å²) in [7, 11) is 2.58. The van der Waals surface area contributed by atoms with E-state index in [0.717, 1.165) is 5.56 Å². The lowest BCUT2D eigenvalue weighted by molar-refractivity contribution is -0.144. The van der Waals surface area contributed by atoms with Gasteiger partial charge >= 0.3 is 11.9 Å². The van der Waals surface area contributed by atoms with E-state index >= 15 is 0 Å². The van der Waals surface area contributed by atoms with Gasteiger partial charge in [-0.15, -0.1) is 0 Å². The predicted octanol–water partition coefficient (Wildman–Crippen LogP) is 5.68. The Morgan fingerprint density at radius 2 is 1.60 bits per heavy atom. The van der Waals surface area contributed by atoms with Crippen LogP contribution < -0.4 is 10.6 Å². The third-order valence-corrected chi connectivity index (χ3v) is 7.56. The summed E-state index contributed by atoms with van der Waals surface area (Å²) in [6.07, 6.45) is 3.13. The number of ether oxygens (including phenoxy) is 2. The molecule has 2 aromatic carbocycles. The van der Waals surface area contributed by atoms with E-state index < -0.39 is 29.8 Å².